The molecule has 0 bridgehead atoms. The quantitative estimate of drug-likeness (QED) is 0.579. The number of carbonyl (C=O) groups is 1. The van der Waals surface area contributed by atoms with Gasteiger partial charge in [0.1, 0.15) is 6.10 Å². The maximum absolute atomic E-state index is 11.0. The molecule has 0 spiro atoms. The largest absolute Gasteiger partial charge is 0.394 e. The topological polar surface area (TPSA) is 88.0 Å². The van der Waals surface area contributed by atoms with Crippen LogP contribution in [0.3, 0.4) is 0 Å². The highest BCUT2D eigenvalue weighted by Crippen LogP contribution is 2.21. The van der Waals surface area contributed by atoms with E-state index in [1.54, 1.807) is 0 Å². The molecule has 3 N–H and O–H groups in total. The average Bonchev–Trinajstić information content (AvgIpc) is 2.21. The summed E-state index contributed by atoms with van der Waals surface area (Å²) in [7, 11) is 0. The number of carbonyl (C=O) groups excluding carboxylic acids is 1. The number of ether oxygens (including phenoxy) is 2. The molecule has 0 aromatic rings. The van der Waals surface area contributed by atoms with Gasteiger partial charge in [0.25, 0.3) is 0 Å². The van der Waals surface area contributed by atoms with Crippen molar-refractivity contribution < 1.29 is 24.5 Å². The van der Waals surface area contributed by atoms with Crippen LogP contribution < -0.4 is 5.32 Å². The summed E-state index contributed by atoms with van der Waals surface area (Å²) in [6.07, 6.45) is -1.75. The second-order valence-corrected chi connectivity index (χ2v) is 3.79. The molecule has 1 fully saturated rings. The Labute approximate surface area is 94.5 Å². The van der Waals surface area contributed by atoms with Gasteiger partial charge in [-0.1, -0.05) is 0 Å². The van der Waals surface area contributed by atoms with E-state index in [-0.39, 0.29) is 18.6 Å². The lowest BCUT2D eigenvalue weighted by molar-refractivity contribution is -0.240. The zero-order valence-electron chi connectivity index (χ0n) is 9.55. The third-order valence-corrected chi connectivity index (χ3v) is 2.46. The third kappa shape index (κ3) is 3.41. The normalized spacial score (nSPS) is 34.8. The van der Waals surface area contributed by atoms with Crippen LogP contribution in [0.2, 0.25) is 0 Å². The molecule has 1 aliphatic heterocycles. The van der Waals surface area contributed by atoms with Crippen molar-refractivity contribution in [3.05, 3.63) is 0 Å². The van der Waals surface area contributed by atoms with E-state index in [0.29, 0.717) is 13.0 Å². The fourth-order valence-corrected chi connectivity index (χ4v) is 1.75. The van der Waals surface area contributed by atoms with Gasteiger partial charge in [-0.3, -0.25) is 4.79 Å². The molecule has 0 aliphatic carbocycles. The molecule has 6 heteroatoms. The number of nitrogens with one attached hydrogen (secondary N) is 1. The first-order valence-electron chi connectivity index (χ1n) is 5.41. The van der Waals surface area contributed by atoms with Crippen LogP contribution in [-0.2, 0) is 14.3 Å². The molecular weight excluding hydrogens is 214 g/mol. The molecule has 4 unspecified atom stereocenters. The Morgan fingerprint density at radius 1 is 1.62 bits per heavy atom. The number of rotatable bonds is 4. The van der Waals surface area contributed by atoms with Crippen molar-refractivity contribution in [2.75, 3.05) is 13.2 Å². The van der Waals surface area contributed by atoms with E-state index in [0.717, 1.165) is 0 Å². The first kappa shape index (κ1) is 13.4. The van der Waals surface area contributed by atoms with Crippen LogP contribution in [0.4, 0.5) is 0 Å². The molecule has 4 atom stereocenters. The summed E-state index contributed by atoms with van der Waals surface area (Å²) in [5.74, 6) is -0.201. The smallest absolute Gasteiger partial charge is 0.217 e. The van der Waals surface area contributed by atoms with Gasteiger partial charge in [-0.15, -0.1) is 0 Å². The van der Waals surface area contributed by atoms with E-state index < -0.39 is 18.5 Å². The molecule has 1 saturated heterocycles. The second-order valence-electron chi connectivity index (χ2n) is 3.79. The first-order chi connectivity index (χ1) is 7.58. The third-order valence-electron chi connectivity index (χ3n) is 2.46. The summed E-state index contributed by atoms with van der Waals surface area (Å²) in [6, 6.07) is -0.379. The van der Waals surface area contributed by atoms with Crippen LogP contribution in [0.15, 0.2) is 0 Å². The first-order valence-corrected chi connectivity index (χ1v) is 5.41. The highest BCUT2D eigenvalue weighted by Gasteiger charge is 2.37. The SMILES string of the molecule is CCOC1OC(CO)C(O)CC1NC(C)=O. The lowest BCUT2D eigenvalue weighted by Gasteiger charge is -2.38. The van der Waals surface area contributed by atoms with Gasteiger partial charge in [-0.05, 0) is 6.92 Å². The number of hydrogen-bond acceptors (Lipinski definition) is 5. The number of hydrogen-bond donors (Lipinski definition) is 3. The minimum absolute atomic E-state index is 0.201. The Kier molecular flexibility index (Phi) is 5.14. The van der Waals surface area contributed by atoms with Crippen LogP contribution in [0.25, 0.3) is 0 Å². The Balaban J connectivity index is 2.62. The van der Waals surface area contributed by atoms with Gasteiger partial charge >= 0.3 is 0 Å². The Morgan fingerprint density at radius 3 is 2.81 bits per heavy atom. The van der Waals surface area contributed by atoms with Gasteiger partial charge in [0.15, 0.2) is 6.29 Å². The highest BCUT2D eigenvalue weighted by molar-refractivity contribution is 5.73. The summed E-state index contributed by atoms with van der Waals surface area (Å²) in [4.78, 5) is 11.0. The summed E-state index contributed by atoms with van der Waals surface area (Å²) in [5, 5.41) is 21.3. The number of aliphatic hydroxyl groups is 2. The predicted molar refractivity (Wildman–Crippen MR) is 55.6 cm³/mol. The van der Waals surface area contributed by atoms with Crippen LogP contribution in [0, 0.1) is 0 Å². The molecule has 0 aromatic carbocycles. The summed E-state index contributed by atoms with van der Waals surface area (Å²) >= 11 is 0. The molecule has 6 nitrogen and oxygen atoms in total. The van der Waals surface area contributed by atoms with E-state index in [9.17, 15) is 9.90 Å². The van der Waals surface area contributed by atoms with E-state index in [4.69, 9.17) is 14.6 Å². The van der Waals surface area contributed by atoms with Crippen molar-refractivity contribution in [1.82, 2.24) is 5.32 Å². The molecule has 0 radical (unpaired) electrons. The summed E-state index contributed by atoms with van der Waals surface area (Å²) in [5.41, 5.74) is 0. The maximum Gasteiger partial charge on any atom is 0.217 e. The molecule has 0 aromatic heterocycles. The molecule has 1 rings (SSSR count). The van der Waals surface area contributed by atoms with E-state index in [2.05, 4.69) is 5.32 Å². The van der Waals surface area contributed by atoms with Gasteiger partial charge < -0.3 is 25.0 Å². The van der Waals surface area contributed by atoms with Gasteiger partial charge in [0.05, 0.1) is 18.8 Å². The Morgan fingerprint density at radius 2 is 2.31 bits per heavy atom. The molecule has 1 heterocycles. The van der Waals surface area contributed by atoms with Crippen molar-refractivity contribution in [1.29, 1.82) is 0 Å². The van der Waals surface area contributed by atoms with Gasteiger partial charge in [0, 0.05) is 20.0 Å². The second kappa shape index (κ2) is 6.15. The summed E-state index contributed by atoms with van der Waals surface area (Å²) in [6.45, 7) is 3.38. The minimum Gasteiger partial charge on any atom is -0.394 e. The van der Waals surface area contributed by atoms with Gasteiger partial charge in [-0.25, -0.2) is 0 Å². The highest BCUT2D eigenvalue weighted by atomic mass is 16.7. The van der Waals surface area contributed by atoms with E-state index in [1.165, 1.54) is 6.92 Å². The number of aliphatic hydroxyl groups excluding tert-OH is 2. The zero-order valence-corrected chi connectivity index (χ0v) is 9.55. The van der Waals surface area contributed by atoms with Crippen molar-refractivity contribution >= 4 is 5.91 Å². The van der Waals surface area contributed by atoms with E-state index in [1.807, 2.05) is 6.92 Å². The fraction of sp³-hybridized carbons (Fsp3) is 0.900. The standard InChI is InChI=1S/C10H19NO5/c1-3-15-10-7(11-6(2)13)4-8(14)9(5-12)16-10/h7-10,12,14H,3-5H2,1-2H3,(H,11,13). The van der Waals surface area contributed by atoms with Gasteiger partial charge in [-0.2, -0.15) is 0 Å². The van der Waals surface area contributed by atoms with Crippen LogP contribution in [0.5, 0.6) is 0 Å². The molecule has 1 aliphatic rings. The maximum atomic E-state index is 11.0. The van der Waals surface area contributed by atoms with Gasteiger partial charge in [0.2, 0.25) is 5.91 Å². The Bertz CT molecular complexity index is 235. The van der Waals surface area contributed by atoms with Crippen LogP contribution >= 0.6 is 0 Å². The van der Waals surface area contributed by atoms with Crippen molar-refractivity contribution in [2.24, 2.45) is 0 Å². The van der Waals surface area contributed by atoms with E-state index >= 15 is 0 Å². The lowest BCUT2D eigenvalue weighted by atomic mass is 10.0. The van der Waals surface area contributed by atoms with Crippen molar-refractivity contribution in [2.45, 2.75) is 44.8 Å². The monoisotopic (exact) mass is 233 g/mol. The molecule has 16 heavy (non-hydrogen) atoms. The molecule has 0 saturated carbocycles. The lowest BCUT2D eigenvalue weighted by Crippen LogP contribution is -2.55. The molecule has 94 valence electrons. The minimum atomic E-state index is -0.793. The van der Waals surface area contributed by atoms with Crippen LogP contribution in [-0.4, -0.2) is 53.9 Å². The predicted octanol–water partition coefficient (Wildman–Crippen LogP) is -1.00. The summed E-state index contributed by atoms with van der Waals surface area (Å²) < 4.78 is 10.7. The zero-order chi connectivity index (χ0) is 12.1. The number of amides is 1. The van der Waals surface area contributed by atoms with Crippen molar-refractivity contribution in [3.63, 3.8) is 0 Å². The Hall–Kier alpha value is -0.690. The average molecular weight is 233 g/mol. The fourth-order valence-electron chi connectivity index (χ4n) is 1.75. The van der Waals surface area contributed by atoms with Crippen LogP contribution in [0.1, 0.15) is 20.3 Å². The molecule has 1 amide bonds. The molecular formula is C10H19NO5. The van der Waals surface area contributed by atoms with Crippen molar-refractivity contribution in [3.8, 4) is 0 Å².